The van der Waals surface area contributed by atoms with Crippen molar-refractivity contribution in [1.82, 2.24) is 25.1 Å². The standard InChI is InChI=1S/C47H45FN6O17/c1-3-47(67)24-13-29-37-22(16-54(29)42(62)23(24)18-68-45(47)65)36-26(6-5-21-19(2)25(48)14-28(51-37)35(21)36)52-46(66)69-17-20-4-7-30(70-44-40(61)38(59)39(60)41(71-44)43(63)64)27(12-20)50-32(56)15-49-31(55)10-11-53-33(57)8-9-34(53)58/h4,7-9,12-14,26,38-41,44,59-61,67H,3,5-6,10-11,15-18H2,1-2H3,(H,49,55)(H,50,56)(H,52,66)(H,63,64). The molecule has 1 aliphatic carbocycles. The van der Waals surface area contributed by atoms with Gasteiger partial charge in [-0.2, -0.15) is 0 Å². The molecule has 24 heteroatoms. The molecule has 2 aromatic carbocycles. The van der Waals surface area contributed by atoms with Crippen LogP contribution >= 0.6 is 0 Å². The molecule has 1 fully saturated rings. The van der Waals surface area contributed by atoms with Crippen molar-refractivity contribution in [2.45, 2.75) is 102 Å². The van der Waals surface area contributed by atoms with E-state index in [9.17, 15) is 63.9 Å². The lowest BCUT2D eigenvalue weighted by Gasteiger charge is -2.38. The van der Waals surface area contributed by atoms with E-state index in [1.165, 1.54) is 34.9 Å². The Balaban J connectivity index is 0.956. The second kappa shape index (κ2) is 18.6. The quantitative estimate of drug-likeness (QED) is 0.0572. The molecule has 7 atom stereocenters. The van der Waals surface area contributed by atoms with E-state index >= 15 is 4.39 Å². The van der Waals surface area contributed by atoms with E-state index in [-0.39, 0.29) is 78.3 Å². The third kappa shape index (κ3) is 8.62. The summed E-state index contributed by atoms with van der Waals surface area (Å²) in [5, 5.41) is 60.4. The van der Waals surface area contributed by atoms with Crippen LogP contribution in [-0.2, 0) is 74.8 Å². The Hall–Kier alpha value is -7.64. The number of fused-ring (bicyclic) bond motifs is 5. The smallest absolute Gasteiger partial charge is 0.407 e. The molecule has 0 bridgehead atoms. The molecule has 71 heavy (non-hydrogen) atoms. The fourth-order valence-corrected chi connectivity index (χ4v) is 9.50. The minimum Gasteiger partial charge on any atom is -0.479 e. The van der Waals surface area contributed by atoms with Gasteiger partial charge in [-0.15, -0.1) is 0 Å². The van der Waals surface area contributed by atoms with Gasteiger partial charge >= 0.3 is 18.0 Å². The van der Waals surface area contributed by atoms with Gasteiger partial charge in [-0.1, -0.05) is 13.0 Å². The van der Waals surface area contributed by atoms with Crippen LogP contribution in [0.5, 0.6) is 5.75 Å². The molecule has 0 saturated carbocycles. The number of aliphatic hydroxyl groups is 4. The number of carbonyl (C=O) groups is 7. The number of aliphatic carboxylic acids is 1. The monoisotopic (exact) mass is 984 g/mol. The number of anilines is 1. The van der Waals surface area contributed by atoms with E-state index in [4.69, 9.17) is 23.9 Å². The van der Waals surface area contributed by atoms with E-state index in [0.717, 1.165) is 17.1 Å². The normalized spacial score (nSPS) is 23.9. The third-order valence-electron chi connectivity index (χ3n) is 13.3. The zero-order valence-corrected chi connectivity index (χ0v) is 37.7. The van der Waals surface area contributed by atoms with Crippen LogP contribution in [0.1, 0.15) is 71.2 Å². The van der Waals surface area contributed by atoms with Crippen LogP contribution in [0.15, 0.2) is 47.3 Å². The van der Waals surface area contributed by atoms with E-state index in [0.29, 0.717) is 39.8 Å². The number of rotatable bonds is 13. The number of imide groups is 1. The summed E-state index contributed by atoms with van der Waals surface area (Å²) in [5.41, 5.74) is 0.608. The fourth-order valence-electron chi connectivity index (χ4n) is 9.50. The maximum atomic E-state index is 15.5. The van der Waals surface area contributed by atoms with Crippen molar-refractivity contribution in [2.75, 3.05) is 18.4 Å². The molecule has 4 aliphatic heterocycles. The Morgan fingerprint density at radius 2 is 1.72 bits per heavy atom. The van der Waals surface area contributed by atoms with Gasteiger partial charge in [0.25, 0.3) is 17.4 Å². The molecule has 23 nitrogen and oxygen atoms in total. The van der Waals surface area contributed by atoms with Crippen molar-refractivity contribution in [3.05, 3.63) is 97.6 Å². The number of hydrogen-bond acceptors (Lipinski definition) is 17. The molecule has 4 aromatic rings. The van der Waals surface area contributed by atoms with Crippen LogP contribution in [0.3, 0.4) is 0 Å². The summed E-state index contributed by atoms with van der Waals surface area (Å²) in [5.74, 6) is -6.10. The number of cyclic esters (lactones) is 1. The zero-order valence-electron chi connectivity index (χ0n) is 37.7. The van der Waals surface area contributed by atoms with Gasteiger partial charge in [-0.3, -0.25) is 28.9 Å². The highest BCUT2D eigenvalue weighted by molar-refractivity contribution is 6.13. The Morgan fingerprint density at radius 1 is 0.972 bits per heavy atom. The Bertz CT molecular complexity index is 3070. The highest BCUT2D eigenvalue weighted by Gasteiger charge is 2.49. The van der Waals surface area contributed by atoms with Crippen LogP contribution in [0.4, 0.5) is 14.9 Å². The fraction of sp³-hybridized carbons (Fsp3) is 0.383. The number of hydrogen-bond donors (Lipinski definition) is 8. The van der Waals surface area contributed by atoms with E-state index in [1.807, 2.05) is 0 Å². The third-order valence-corrected chi connectivity index (χ3v) is 13.3. The highest BCUT2D eigenvalue weighted by Crippen LogP contribution is 2.46. The molecular weight excluding hydrogens is 940 g/mol. The molecule has 5 aliphatic rings. The molecule has 372 valence electrons. The van der Waals surface area contributed by atoms with Crippen LogP contribution in [0, 0.1) is 12.7 Å². The summed E-state index contributed by atoms with van der Waals surface area (Å²) in [7, 11) is 0. The van der Waals surface area contributed by atoms with Crippen LogP contribution < -0.4 is 26.2 Å². The van der Waals surface area contributed by atoms with Gasteiger partial charge in [-0.05, 0) is 66.6 Å². The van der Waals surface area contributed by atoms with Crippen molar-refractivity contribution in [2.24, 2.45) is 0 Å². The average Bonchev–Trinajstić information content (AvgIpc) is 3.88. The highest BCUT2D eigenvalue weighted by atomic mass is 19.1. The number of nitrogens with one attached hydrogen (secondary N) is 3. The first kappa shape index (κ1) is 48.4. The minimum absolute atomic E-state index is 0.0129. The summed E-state index contributed by atoms with van der Waals surface area (Å²) in [4.78, 5) is 107. The predicted molar refractivity (Wildman–Crippen MR) is 237 cm³/mol. The maximum absolute atomic E-state index is 15.5. The summed E-state index contributed by atoms with van der Waals surface area (Å²) in [6.45, 7) is 1.50. The first-order valence-corrected chi connectivity index (χ1v) is 22.4. The molecule has 6 heterocycles. The summed E-state index contributed by atoms with van der Waals surface area (Å²) in [6.07, 6.45) is -8.61. The van der Waals surface area contributed by atoms with Gasteiger partial charge < -0.3 is 65.0 Å². The van der Waals surface area contributed by atoms with Crippen molar-refractivity contribution in [1.29, 1.82) is 0 Å². The Kier molecular flexibility index (Phi) is 12.7. The van der Waals surface area contributed by atoms with Gasteiger partial charge in [0.1, 0.15) is 43.1 Å². The van der Waals surface area contributed by atoms with Gasteiger partial charge in [-0.25, -0.2) is 23.8 Å². The van der Waals surface area contributed by atoms with Gasteiger partial charge in [0.05, 0.1) is 47.3 Å². The number of carboxylic acid groups (broad SMARTS) is 1. The molecule has 5 amide bonds. The van der Waals surface area contributed by atoms with Gasteiger partial charge in [0, 0.05) is 47.7 Å². The van der Waals surface area contributed by atoms with Crippen molar-refractivity contribution >= 4 is 58.3 Å². The predicted octanol–water partition coefficient (Wildman–Crippen LogP) is 0.0816. The lowest BCUT2D eigenvalue weighted by Crippen LogP contribution is -2.61. The molecular formula is C47H45FN6O17. The topological polar surface area (TPSA) is 332 Å². The number of aromatic nitrogens is 2. The number of halogens is 1. The first-order chi connectivity index (χ1) is 33.8. The minimum atomic E-state index is -2.09. The molecule has 8 N–H and O–H groups in total. The van der Waals surface area contributed by atoms with Crippen molar-refractivity contribution in [3.63, 3.8) is 0 Å². The molecule has 0 radical (unpaired) electrons. The second-order valence-electron chi connectivity index (χ2n) is 17.5. The number of benzene rings is 2. The SMILES string of the molecule is CCC1(O)C(=O)OCc2c1cc1n(c2=O)Cc2c-1nc1cc(F)c(C)c3c1c2C(NC(=O)OCc1ccc(OC2OC(C(=O)O)C(O)C(O)C2O)c(NC(=O)CNC(=O)CCN2C(=O)C=CC2=O)c1)CC3. The lowest BCUT2D eigenvalue weighted by molar-refractivity contribution is -0.271. The number of nitrogens with zero attached hydrogens (tertiary/aromatic N) is 3. The first-order valence-electron chi connectivity index (χ1n) is 22.4. The van der Waals surface area contributed by atoms with Crippen LogP contribution in [0.2, 0.25) is 0 Å². The number of pyridine rings is 2. The maximum Gasteiger partial charge on any atom is 0.407 e. The van der Waals surface area contributed by atoms with Gasteiger partial charge in [0.2, 0.25) is 18.1 Å². The number of amides is 5. The number of aryl methyl sites for hydroxylation is 1. The molecule has 9 rings (SSSR count). The second-order valence-corrected chi connectivity index (χ2v) is 17.5. The Labute approximate surface area is 399 Å². The number of esters is 1. The molecule has 1 saturated heterocycles. The van der Waals surface area contributed by atoms with Crippen LogP contribution in [-0.4, -0.2) is 125 Å². The molecule has 2 aromatic heterocycles. The number of carbonyl (C=O) groups excluding carboxylic acids is 6. The molecule has 0 spiro atoms. The van der Waals surface area contributed by atoms with E-state index in [1.54, 1.807) is 13.8 Å². The molecule has 7 unspecified atom stereocenters. The van der Waals surface area contributed by atoms with Crippen molar-refractivity contribution < 1.29 is 82.4 Å². The Morgan fingerprint density at radius 3 is 2.44 bits per heavy atom. The summed E-state index contributed by atoms with van der Waals surface area (Å²) >= 11 is 0. The van der Waals surface area contributed by atoms with Crippen molar-refractivity contribution in [3.8, 4) is 17.1 Å². The number of alkyl carbamates (subject to hydrolysis) is 1. The number of aliphatic hydroxyl groups excluding tert-OH is 3. The van der Waals surface area contributed by atoms with E-state index in [2.05, 4.69) is 16.0 Å². The number of ether oxygens (including phenoxy) is 4. The van der Waals surface area contributed by atoms with Gasteiger partial charge in [0.15, 0.2) is 11.7 Å². The zero-order chi connectivity index (χ0) is 50.8. The lowest BCUT2D eigenvalue weighted by atomic mass is 9.81. The van der Waals surface area contributed by atoms with E-state index < -0.39 is 109 Å². The van der Waals surface area contributed by atoms with Crippen LogP contribution in [0.25, 0.3) is 22.3 Å². The largest absolute Gasteiger partial charge is 0.479 e. The number of carboxylic acids is 1. The summed E-state index contributed by atoms with van der Waals surface area (Å²) < 4.78 is 38.7. The summed E-state index contributed by atoms with van der Waals surface area (Å²) in [6, 6.07) is 5.94. The average molecular weight is 985 g/mol.